The fourth-order valence-corrected chi connectivity index (χ4v) is 1.99. The van der Waals surface area contributed by atoms with Gasteiger partial charge in [0, 0.05) is 11.1 Å². The fourth-order valence-electron chi connectivity index (χ4n) is 1.65. The third-order valence-corrected chi connectivity index (χ3v) is 3.63. The fraction of sp³-hybridized carbons (Fsp3) is 0.267. The SMILES string of the molecule is CCC(C)Nc1cnc(C(=O)Nc2cc(Cl)ccc2Cl)cn1. The zero-order valence-corrected chi connectivity index (χ0v) is 13.7. The zero-order valence-electron chi connectivity index (χ0n) is 12.2. The molecule has 1 heterocycles. The molecule has 0 saturated heterocycles. The van der Waals surface area contributed by atoms with E-state index in [-0.39, 0.29) is 5.69 Å². The Morgan fingerprint density at radius 2 is 2.05 bits per heavy atom. The van der Waals surface area contributed by atoms with Gasteiger partial charge in [-0.1, -0.05) is 30.1 Å². The molecule has 0 bridgehead atoms. The van der Waals surface area contributed by atoms with E-state index in [2.05, 4.69) is 27.5 Å². The van der Waals surface area contributed by atoms with Gasteiger partial charge in [-0.2, -0.15) is 0 Å². The highest BCUT2D eigenvalue weighted by atomic mass is 35.5. The molecule has 0 aliphatic heterocycles. The molecule has 5 nitrogen and oxygen atoms in total. The minimum atomic E-state index is -0.397. The Bertz CT molecular complexity index is 661. The molecule has 2 rings (SSSR count). The lowest BCUT2D eigenvalue weighted by atomic mass is 10.2. The van der Waals surface area contributed by atoms with E-state index in [1.165, 1.54) is 12.4 Å². The van der Waals surface area contributed by atoms with Gasteiger partial charge in [0.15, 0.2) is 0 Å². The van der Waals surface area contributed by atoms with Crippen molar-refractivity contribution in [1.82, 2.24) is 9.97 Å². The number of amides is 1. The van der Waals surface area contributed by atoms with E-state index < -0.39 is 5.91 Å². The second kappa shape index (κ2) is 7.42. The van der Waals surface area contributed by atoms with Crippen LogP contribution in [0.25, 0.3) is 0 Å². The number of halogens is 2. The van der Waals surface area contributed by atoms with Crippen LogP contribution in [-0.2, 0) is 0 Å². The first-order valence-corrected chi connectivity index (χ1v) is 7.60. The van der Waals surface area contributed by atoms with Gasteiger partial charge in [-0.15, -0.1) is 0 Å². The Morgan fingerprint density at radius 3 is 2.68 bits per heavy atom. The molecular formula is C15H16Cl2N4O. The van der Waals surface area contributed by atoms with E-state index in [0.29, 0.717) is 27.6 Å². The Hall–Kier alpha value is -1.85. The molecule has 1 aromatic carbocycles. The molecule has 1 unspecified atom stereocenters. The van der Waals surface area contributed by atoms with Gasteiger partial charge in [0.1, 0.15) is 11.5 Å². The minimum absolute atomic E-state index is 0.200. The van der Waals surface area contributed by atoms with Crippen LogP contribution < -0.4 is 10.6 Å². The van der Waals surface area contributed by atoms with Crippen molar-refractivity contribution >= 4 is 40.6 Å². The normalized spacial score (nSPS) is 11.8. The predicted molar refractivity (Wildman–Crippen MR) is 89.8 cm³/mol. The number of benzene rings is 1. The van der Waals surface area contributed by atoms with Crippen molar-refractivity contribution in [2.45, 2.75) is 26.3 Å². The Labute approximate surface area is 139 Å². The molecule has 0 radical (unpaired) electrons. The molecular weight excluding hydrogens is 323 g/mol. The van der Waals surface area contributed by atoms with Crippen LogP contribution in [0.1, 0.15) is 30.8 Å². The molecule has 1 aromatic heterocycles. The zero-order chi connectivity index (χ0) is 16.1. The van der Waals surface area contributed by atoms with Gasteiger partial charge in [0.25, 0.3) is 5.91 Å². The van der Waals surface area contributed by atoms with Crippen molar-refractivity contribution in [2.24, 2.45) is 0 Å². The van der Waals surface area contributed by atoms with E-state index in [1.54, 1.807) is 18.2 Å². The van der Waals surface area contributed by atoms with Crippen LogP contribution in [0.2, 0.25) is 10.0 Å². The Balaban J connectivity index is 2.08. The quantitative estimate of drug-likeness (QED) is 0.855. The van der Waals surface area contributed by atoms with Crippen molar-refractivity contribution in [2.75, 3.05) is 10.6 Å². The first-order valence-electron chi connectivity index (χ1n) is 6.84. The number of aromatic nitrogens is 2. The van der Waals surface area contributed by atoms with Crippen LogP contribution in [0.15, 0.2) is 30.6 Å². The third kappa shape index (κ3) is 4.32. The molecule has 2 N–H and O–H groups in total. The largest absolute Gasteiger partial charge is 0.366 e. The summed E-state index contributed by atoms with van der Waals surface area (Å²) in [5, 5.41) is 6.73. The summed E-state index contributed by atoms with van der Waals surface area (Å²) in [6.07, 6.45) is 3.91. The van der Waals surface area contributed by atoms with Crippen LogP contribution in [-0.4, -0.2) is 21.9 Å². The molecule has 1 atom stereocenters. The molecule has 0 spiro atoms. The Morgan fingerprint density at radius 1 is 1.27 bits per heavy atom. The molecule has 7 heteroatoms. The second-order valence-corrected chi connectivity index (χ2v) is 5.66. The number of carbonyl (C=O) groups is 1. The van der Waals surface area contributed by atoms with Crippen LogP contribution >= 0.6 is 23.2 Å². The summed E-state index contributed by atoms with van der Waals surface area (Å²) < 4.78 is 0. The first-order chi connectivity index (χ1) is 10.5. The van der Waals surface area contributed by atoms with E-state index in [0.717, 1.165) is 6.42 Å². The van der Waals surface area contributed by atoms with Crippen molar-refractivity contribution in [3.63, 3.8) is 0 Å². The number of nitrogens with one attached hydrogen (secondary N) is 2. The smallest absolute Gasteiger partial charge is 0.275 e. The molecule has 2 aromatic rings. The summed E-state index contributed by atoms with van der Waals surface area (Å²) in [4.78, 5) is 20.4. The van der Waals surface area contributed by atoms with Gasteiger partial charge in [-0.25, -0.2) is 9.97 Å². The van der Waals surface area contributed by atoms with Gasteiger partial charge in [-0.3, -0.25) is 4.79 Å². The van der Waals surface area contributed by atoms with E-state index in [9.17, 15) is 4.79 Å². The van der Waals surface area contributed by atoms with E-state index in [1.807, 2.05) is 6.92 Å². The molecule has 22 heavy (non-hydrogen) atoms. The van der Waals surface area contributed by atoms with Crippen LogP contribution in [0, 0.1) is 0 Å². The highest BCUT2D eigenvalue weighted by Crippen LogP contribution is 2.25. The highest BCUT2D eigenvalue weighted by Gasteiger charge is 2.11. The summed E-state index contributed by atoms with van der Waals surface area (Å²) in [7, 11) is 0. The first kappa shape index (κ1) is 16.5. The molecule has 1 amide bonds. The maximum absolute atomic E-state index is 12.1. The van der Waals surface area contributed by atoms with E-state index >= 15 is 0 Å². The van der Waals surface area contributed by atoms with Crippen LogP contribution in [0.4, 0.5) is 11.5 Å². The van der Waals surface area contributed by atoms with Crippen molar-refractivity contribution < 1.29 is 4.79 Å². The standard InChI is InChI=1S/C15H16Cl2N4O/c1-3-9(2)20-14-8-18-13(7-19-14)15(22)21-12-6-10(16)4-5-11(12)17/h4-9H,3H2,1-2H3,(H,19,20)(H,21,22). The molecule has 0 aliphatic rings. The molecule has 116 valence electrons. The Kier molecular flexibility index (Phi) is 5.57. The van der Waals surface area contributed by atoms with E-state index in [4.69, 9.17) is 23.2 Å². The molecule has 0 fully saturated rings. The number of nitrogens with zero attached hydrogens (tertiary/aromatic N) is 2. The average Bonchev–Trinajstić information content (AvgIpc) is 2.51. The average molecular weight is 339 g/mol. The summed E-state index contributed by atoms with van der Waals surface area (Å²) in [6, 6.07) is 5.13. The minimum Gasteiger partial charge on any atom is -0.366 e. The summed E-state index contributed by atoms with van der Waals surface area (Å²) in [6.45, 7) is 4.12. The number of carbonyl (C=O) groups excluding carboxylic acids is 1. The van der Waals surface area contributed by atoms with Crippen molar-refractivity contribution in [3.8, 4) is 0 Å². The van der Waals surface area contributed by atoms with Gasteiger partial charge in [0.2, 0.25) is 0 Å². The lowest BCUT2D eigenvalue weighted by Crippen LogP contribution is -2.17. The monoisotopic (exact) mass is 338 g/mol. The maximum Gasteiger partial charge on any atom is 0.275 e. The van der Waals surface area contributed by atoms with Crippen molar-refractivity contribution in [1.29, 1.82) is 0 Å². The second-order valence-electron chi connectivity index (χ2n) is 4.82. The summed E-state index contributed by atoms with van der Waals surface area (Å²) in [5.41, 5.74) is 0.633. The highest BCUT2D eigenvalue weighted by molar-refractivity contribution is 6.35. The third-order valence-electron chi connectivity index (χ3n) is 3.07. The van der Waals surface area contributed by atoms with Crippen LogP contribution in [0.5, 0.6) is 0 Å². The summed E-state index contributed by atoms with van der Waals surface area (Å²) in [5.74, 6) is 0.235. The number of rotatable bonds is 5. The number of hydrogen-bond donors (Lipinski definition) is 2. The van der Waals surface area contributed by atoms with Crippen molar-refractivity contribution in [3.05, 3.63) is 46.3 Å². The predicted octanol–water partition coefficient (Wildman–Crippen LogP) is 4.25. The van der Waals surface area contributed by atoms with Gasteiger partial charge >= 0.3 is 0 Å². The van der Waals surface area contributed by atoms with Gasteiger partial charge in [0.05, 0.1) is 23.1 Å². The lowest BCUT2D eigenvalue weighted by Gasteiger charge is -2.12. The number of anilines is 2. The number of hydrogen-bond acceptors (Lipinski definition) is 4. The van der Waals surface area contributed by atoms with Gasteiger partial charge in [-0.05, 0) is 31.5 Å². The van der Waals surface area contributed by atoms with Gasteiger partial charge < -0.3 is 10.6 Å². The topological polar surface area (TPSA) is 66.9 Å². The lowest BCUT2D eigenvalue weighted by molar-refractivity contribution is 0.102. The maximum atomic E-state index is 12.1. The van der Waals surface area contributed by atoms with Crippen LogP contribution in [0.3, 0.4) is 0 Å². The molecule has 0 saturated carbocycles. The summed E-state index contributed by atoms with van der Waals surface area (Å²) >= 11 is 11.9. The molecule has 0 aliphatic carbocycles.